The standard InChI is InChI=1S/C42H63FN3O3/c1-4-6-8-10-12-14-18-34(19-15-13-11-9-7-5-2)42(48)49-46(30-17-22-40(47)33-23-25-35(43)26-24-33)31-27-38-37(32-46)36-20-16-21-39-41(36)45(38)29-28-44(39)3/h16,20-21,23-26,34,37-38H,4-15,17-19,22,27-32H2,1-3H3/q+1/t37-,38-,46?/m0/s1. The van der Waals surface area contributed by atoms with E-state index in [0.717, 1.165) is 58.3 Å². The fourth-order valence-electron chi connectivity index (χ4n) is 8.74. The Labute approximate surface area is 295 Å². The Morgan fingerprint density at radius 3 is 2.18 bits per heavy atom. The number of rotatable bonds is 21. The first-order chi connectivity index (χ1) is 23.9. The van der Waals surface area contributed by atoms with Gasteiger partial charge in [-0.3, -0.25) is 9.63 Å². The van der Waals surface area contributed by atoms with E-state index in [0.29, 0.717) is 35.6 Å². The molecular formula is C42H63FN3O3+. The number of para-hydroxylation sites is 1. The van der Waals surface area contributed by atoms with Crippen molar-refractivity contribution in [2.75, 3.05) is 49.6 Å². The van der Waals surface area contributed by atoms with Gasteiger partial charge in [0.1, 0.15) is 25.5 Å². The molecule has 3 aliphatic heterocycles. The quantitative estimate of drug-likeness (QED) is 0.0749. The molecule has 3 aliphatic rings. The largest absolute Gasteiger partial charge is 0.371 e. The van der Waals surface area contributed by atoms with Crippen LogP contribution >= 0.6 is 0 Å². The number of likely N-dealkylation sites (N-methyl/N-ethyl adjacent to an activating group) is 1. The van der Waals surface area contributed by atoms with Gasteiger partial charge in [-0.25, -0.2) is 9.18 Å². The molecule has 5 rings (SSSR count). The highest BCUT2D eigenvalue weighted by molar-refractivity contribution is 5.96. The minimum Gasteiger partial charge on any atom is -0.371 e. The lowest BCUT2D eigenvalue weighted by molar-refractivity contribution is -1.09. The number of piperidine rings is 1. The van der Waals surface area contributed by atoms with Gasteiger partial charge in [-0.05, 0) is 48.7 Å². The summed E-state index contributed by atoms with van der Waals surface area (Å²) in [6.07, 6.45) is 18.3. The van der Waals surface area contributed by atoms with E-state index in [1.807, 2.05) is 0 Å². The average molecular weight is 677 g/mol. The van der Waals surface area contributed by atoms with E-state index in [2.05, 4.69) is 48.9 Å². The molecule has 0 aromatic heterocycles. The first-order valence-corrected chi connectivity index (χ1v) is 19.8. The molecule has 49 heavy (non-hydrogen) atoms. The highest BCUT2D eigenvalue weighted by Gasteiger charge is 2.52. The molecule has 270 valence electrons. The summed E-state index contributed by atoms with van der Waals surface area (Å²) in [4.78, 5) is 39.2. The summed E-state index contributed by atoms with van der Waals surface area (Å²) in [6, 6.07) is 13.0. The summed E-state index contributed by atoms with van der Waals surface area (Å²) in [6.45, 7) is 8.67. The second kappa shape index (κ2) is 18.3. The fourth-order valence-corrected chi connectivity index (χ4v) is 8.74. The molecule has 6 nitrogen and oxygen atoms in total. The lowest BCUT2D eigenvalue weighted by atomic mass is 9.88. The molecule has 3 atom stereocenters. The Hall–Kier alpha value is -2.93. The zero-order valence-corrected chi connectivity index (χ0v) is 30.8. The number of benzene rings is 2. The minimum absolute atomic E-state index is 0.0133. The summed E-state index contributed by atoms with van der Waals surface area (Å²) in [5.74, 6) is -0.138. The van der Waals surface area contributed by atoms with Crippen molar-refractivity contribution in [2.45, 2.75) is 135 Å². The Balaban J connectivity index is 1.31. The maximum atomic E-state index is 14.3. The normalized spacial score (nSPS) is 21.2. The van der Waals surface area contributed by atoms with Crippen molar-refractivity contribution in [3.8, 4) is 0 Å². The van der Waals surface area contributed by atoms with Gasteiger partial charge in [-0.15, -0.1) is 4.65 Å². The number of carbonyl (C=O) groups excluding carboxylic acids is 2. The van der Waals surface area contributed by atoms with E-state index in [4.69, 9.17) is 4.84 Å². The SMILES string of the molecule is CCCCCCCCC(CCCCCCCC)C(=O)O[N+]1(CCCC(=O)c2ccc(F)cc2)CC[C@H]2[C@@H](C1)c1cccc3c1N2CCN3C. The zero-order chi connectivity index (χ0) is 34.6. The third kappa shape index (κ3) is 9.65. The molecule has 0 aliphatic carbocycles. The number of halogens is 1. The molecule has 1 unspecified atom stereocenters. The van der Waals surface area contributed by atoms with Crippen LogP contribution in [-0.2, 0) is 9.63 Å². The first-order valence-electron chi connectivity index (χ1n) is 19.8. The Morgan fingerprint density at radius 1 is 0.857 bits per heavy atom. The van der Waals surface area contributed by atoms with Gasteiger partial charge in [-0.2, -0.15) is 0 Å². The monoisotopic (exact) mass is 676 g/mol. The lowest BCUT2D eigenvalue weighted by Gasteiger charge is -2.45. The van der Waals surface area contributed by atoms with E-state index in [1.165, 1.54) is 93.3 Å². The van der Waals surface area contributed by atoms with E-state index >= 15 is 0 Å². The number of hydroxylamine groups is 3. The van der Waals surface area contributed by atoms with Gasteiger partial charge in [0, 0.05) is 51.0 Å². The van der Waals surface area contributed by atoms with Crippen molar-refractivity contribution in [3.63, 3.8) is 0 Å². The summed E-state index contributed by atoms with van der Waals surface area (Å²) in [7, 11) is 2.18. The van der Waals surface area contributed by atoms with Crippen molar-refractivity contribution in [1.29, 1.82) is 0 Å². The number of unbranched alkanes of at least 4 members (excludes halogenated alkanes) is 10. The highest BCUT2D eigenvalue weighted by Crippen LogP contribution is 2.51. The number of nitrogens with zero attached hydrogens (tertiary/aromatic N) is 3. The van der Waals surface area contributed by atoms with E-state index < -0.39 is 0 Å². The van der Waals surface area contributed by atoms with Crippen LogP contribution in [-0.4, -0.2) is 62.2 Å². The smallest absolute Gasteiger partial charge is 0.369 e. The highest BCUT2D eigenvalue weighted by atomic mass is 19.1. The van der Waals surface area contributed by atoms with Crippen LogP contribution in [0.25, 0.3) is 0 Å². The van der Waals surface area contributed by atoms with Crippen LogP contribution in [0.1, 0.15) is 145 Å². The number of anilines is 2. The van der Waals surface area contributed by atoms with Gasteiger partial charge in [0.2, 0.25) is 0 Å². The van der Waals surface area contributed by atoms with E-state index in [9.17, 15) is 14.0 Å². The number of hydrogen-bond donors (Lipinski definition) is 0. The fraction of sp³-hybridized carbons (Fsp3) is 0.667. The van der Waals surface area contributed by atoms with Gasteiger partial charge >= 0.3 is 5.97 Å². The molecule has 0 N–H and O–H groups in total. The number of carbonyl (C=O) groups is 2. The molecule has 2 aromatic carbocycles. The first kappa shape index (κ1) is 37.3. The predicted molar refractivity (Wildman–Crippen MR) is 199 cm³/mol. The molecule has 1 saturated heterocycles. The van der Waals surface area contributed by atoms with Gasteiger partial charge < -0.3 is 9.80 Å². The van der Waals surface area contributed by atoms with Gasteiger partial charge in [0.05, 0.1) is 23.2 Å². The molecule has 3 heterocycles. The van der Waals surface area contributed by atoms with Crippen molar-refractivity contribution >= 4 is 23.1 Å². The number of Topliss-reactive ketones (excluding diaryl/α,β-unsaturated/α-hetero) is 1. The van der Waals surface area contributed by atoms with E-state index in [1.54, 1.807) is 12.1 Å². The van der Waals surface area contributed by atoms with Crippen molar-refractivity contribution in [2.24, 2.45) is 5.92 Å². The summed E-state index contributed by atoms with van der Waals surface area (Å²) in [5, 5.41) is 0. The number of quaternary nitrogens is 1. The molecule has 7 heteroatoms. The van der Waals surface area contributed by atoms with Gasteiger partial charge in [-0.1, -0.05) is 103 Å². The zero-order valence-electron chi connectivity index (χ0n) is 30.8. The molecule has 0 radical (unpaired) electrons. The van der Waals surface area contributed by atoms with Crippen LogP contribution in [0, 0.1) is 11.7 Å². The van der Waals surface area contributed by atoms with Gasteiger partial charge in [0.15, 0.2) is 5.78 Å². The number of ketones is 1. The number of hydrogen-bond acceptors (Lipinski definition) is 5. The predicted octanol–water partition coefficient (Wildman–Crippen LogP) is 10.0. The lowest BCUT2D eigenvalue weighted by Crippen LogP contribution is -2.60. The number of likely N-dealkylation sites (tertiary alicyclic amines) is 1. The second-order valence-corrected chi connectivity index (χ2v) is 15.2. The van der Waals surface area contributed by atoms with E-state index in [-0.39, 0.29) is 29.4 Å². The molecule has 0 bridgehead atoms. The summed E-state index contributed by atoms with van der Waals surface area (Å²) < 4.78 is 13.8. The maximum Gasteiger partial charge on any atom is 0.369 e. The van der Waals surface area contributed by atoms with Crippen LogP contribution in [0.4, 0.5) is 15.8 Å². The van der Waals surface area contributed by atoms with Crippen LogP contribution in [0.2, 0.25) is 0 Å². The maximum absolute atomic E-state index is 14.3. The third-order valence-corrected chi connectivity index (χ3v) is 11.6. The van der Waals surface area contributed by atoms with Crippen molar-refractivity contribution < 1.29 is 23.5 Å². The Morgan fingerprint density at radius 2 is 1.51 bits per heavy atom. The van der Waals surface area contributed by atoms with Crippen LogP contribution in [0.5, 0.6) is 0 Å². The van der Waals surface area contributed by atoms with Gasteiger partial charge in [0.25, 0.3) is 0 Å². The molecule has 0 amide bonds. The second-order valence-electron chi connectivity index (χ2n) is 15.2. The summed E-state index contributed by atoms with van der Waals surface area (Å²) in [5.41, 5.74) is 4.59. The average Bonchev–Trinajstić information content (AvgIpc) is 3.42. The van der Waals surface area contributed by atoms with Crippen LogP contribution < -0.4 is 9.80 Å². The van der Waals surface area contributed by atoms with Crippen molar-refractivity contribution in [3.05, 3.63) is 59.4 Å². The Bertz CT molecular complexity index is 1330. The molecular weight excluding hydrogens is 613 g/mol. The topological polar surface area (TPSA) is 49.9 Å². The molecule has 1 fully saturated rings. The Kier molecular flexibility index (Phi) is 14.0. The summed E-state index contributed by atoms with van der Waals surface area (Å²) >= 11 is 0. The number of fused-ring (bicyclic) bond motifs is 3. The van der Waals surface area contributed by atoms with Crippen LogP contribution in [0.3, 0.4) is 0 Å². The minimum atomic E-state index is -0.337. The molecule has 0 saturated carbocycles. The third-order valence-electron chi connectivity index (χ3n) is 11.6. The van der Waals surface area contributed by atoms with Crippen LogP contribution in [0.15, 0.2) is 42.5 Å². The molecule has 2 aromatic rings. The molecule has 0 spiro atoms. The van der Waals surface area contributed by atoms with Crippen molar-refractivity contribution in [1.82, 2.24) is 0 Å².